The van der Waals surface area contributed by atoms with Gasteiger partial charge in [-0.15, -0.1) is 0 Å². The molecule has 1 aromatic carbocycles. The number of hydrogen-bond donors (Lipinski definition) is 2. The molecule has 1 aromatic rings. The summed E-state index contributed by atoms with van der Waals surface area (Å²) in [5.74, 6) is -0.411. The molecule has 0 aromatic heterocycles. The molecule has 5 heteroatoms. The standard InChI is InChI=1S/C9H11BO4.C2H6/c1-2-14-9(11)7-3-5-8(6-4-7)10(12)13;1-2/h3-6,12-13H,2H2,1H3;1-2H3. The second-order valence-electron chi connectivity index (χ2n) is 2.72. The van der Waals surface area contributed by atoms with Gasteiger partial charge in [-0.1, -0.05) is 26.0 Å². The Morgan fingerprint density at radius 1 is 1.25 bits per heavy atom. The van der Waals surface area contributed by atoms with Gasteiger partial charge in [0.25, 0.3) is 0 Å². The lowest BCUT2D eigenvalue weighted by Crippen LogP contribution is -2.29. The van der Waals surface area contributed by atoms with E-state index in [1.165, 1.54) is 24.3 Å². The highest BCUT2D eigenvalue weighted by molar-refractivity contribution is 6.58. The molecular weight excluding hydrogens is 207 g/mol. The van der Waals surface area contributed by atoms with Gasteiger partial charge in [-0.2, -0.15) is 0 Å². The molecule has 0 saturated heterocycles. The first-order valence-corrected chi connectivity index (χ1v) is 5.28. The van der Waals surface area contributed by atoms with Gasteiger partial charge in [-0.05, 0) is 24.5 Å². The van der Waals surface area contributed by atoms with E-state index in [1.54, 1.807) is 6.92 Å². The first-order chi connectivity index (χ1) is 7.65. The Bertz CT molecular complexity index is 308. The summed E-state index contributed by atoms with van der Waals surface area (Å²) < 4.78 is 4.76. The fraction of sp³-hybridized carbons (Fsp3) is 0.364. The quantitative estimate of drug-likeness (QED) is 0.581. The van der Waals surface area contributed by atoms with Crippen molar-refractivity contribution in [1.82, 2.24) is 0 Å². The van der Waals surface area contributed by atoms with Crippen molar-refractivity contribution >= 4 is 18.6 Å². The van der Waals surface area contributed by atoms with Crippen LogP contribution in [0.25, 0.3) is 0 Å². The maximum atomic E-state index is 11.2. The Morgan fingerprint density at radius 3 is 2.12 bits per heavy atom. The molecular formula is C11H17BO4. The van der Waals surface area contributed by atoms with Crippen molar-refractivity contribution in [3.05, 3.63) is 29.8 Å². The molecule has 0 atom stereocenters. The summed E-state index contributed by atoms with van der Waals surface area (Å²) in [7, 11) is -1.51. The second-order valence-corrected chi connectivity index (χ2v) is 2.72. The zero-order chi connectivity index (χ0) is 12.6. The van der Waals surface area contributed by atoms with Crippen LogP contribution in [-0.2, 0) is 4.74 Å². The van der Waals surface area contributed by atoms with Gasteiger partial charge in [0.2, 0.25) is 0 Å². The topological polar surface area (TPSA) is 66.8 Å². The van der Waals surface area contributed by atoms with Crippen molar-refractivity contribution in [2.24, 2.45) is 0 Å². The number of benzene rings is 1. The van der Waals surface area contributed by atoms with Gasteiger partial charge in [-0.25, -0.2) is 4.79 Å². The highest BCUT2D eigenvalue weighted by Crippen LogP contribution is 1.99. The van der Waals surface area contributed by atoms with Crippen LogP contribution in [0.2, 0.25) is 0 Å². The van der Waals surface area contributed by atoms with E-state index in [0.717, 1.165) is 0 Å². The zero-order valence-electron chi connectivity index (χ0n) is 9.80. The summed E-state index contributed by atoms with van der Waals surface area (Å²) in [4.78, 5) is 11.2. The molecule has 4 nitrogen and oxygen atoms in total. The van der Waals surface area contributed by atoms with Crippen LogP contribution in [0.3, 0.4) is 0 Å². The number of carbonyl (C=O) groups excluding carboxylic acids is 1. The molecule has 0 aliphatic rings. The Morgan fingerprint density at radius 2 is 1.75 bits per heavy atom. The molecule has 0 saturated carbocycles. The van der Waals surface area contributed by atoms with Crippen LogP contribution >= 0.6 is 0 Å². The Balaban J connectivity index is 0.00000106. The fourth-order valence-electron chi connectivity index (χ4n) is 1.01. The minimum atomic E-state index is -1.51. The molecule has 88 valence electrons. The van der Waals surface area contributed by atoms with Crippen LogP contribution in [0.15, 0.2) is 24.3 Å². The predicted molar refractivity (Wildman–Crippen MR) is 63.6 cm³/mol. The summed E-state index contributed by atoms with van der Waals surface area (Å²) in [6, 6.07) is 5.92. The van der Waals surface area contributed by atoms with Gasteiger partial charge >= 0.3 is 13.1 Å². The molecule has 1 rings (SSSR count). The van der Waals surface area contributed by atoms with Crippen molar-refractivity contribution in [3.63, 3.8) is 0 Å². The van der Waals surface area contributed by atoms with Gasteiger partial charge in [0.05, 0.1) is 12.2 Å². The molecule has 0 unspecified atom stereocenters. The van der Waals surface area contributed by atoms with E-state index in [4.69, 9.17) is 14.8 Å². The highest BCUT2D eigenvalue weighted by atomic mass is 16.5. The summed E-state index contributed by atoms with van der Waals surface area (Å²) in [6.07, 6.45) is 0. The highest BCUT2D eigenvalue weighted by Gasteiger charge is 2.12. The monoisotopic (exact) mass is 224 g/mol. The maximum Gasteiger partial charge on any atom is 0.488 e. The van der Waals surface area contributed by atoms with Crippen LogP contribution in [0.1, 0.15) is 31.1 Å². The number of ether oxygens (including phenoxy) is 1. The zero-order valence-corrected chi connectivity index (χ0v) is 9.80. The molecule has 0 heterocycles. The molecule has 16 heavy (non-hydrogen) atoms. The van der Waals surface area contributed by atoms with E-state index in [2.05, 4.69) is 0 Å². The Hall–Kier alpha value is -1.33. The van der Waals surface area contributed by atoms with Crippen LogP contribution in [0.5, 0.6) is 0 Å². The lowest BCUT2D eigenvalue weighted by atomic mass is 9.80. The minimum absolute atomic E-state index is 0.323. The van der Waals surface area contributed by atoms with Gasteiger partial charge in [-0.3, -0.25) is 0 Å². The van der Waals surface area contributed by atoms with Crippen LogP contribution in [0, 0.1) is 0 Å². The normalized spacial score (nSPS) is 8.81. The summed E-state index contributed by atoms with van der Waals surface area (Å²) >= 11 is 0. The third-order valence-corrected chi connectivity index (χ3v) is 1.72. The first-order valence-electron chi connectivity index (χ1n) is 5.28. The average molecular weight is 224 g/mol. The Labute approximate surface area is 96.0 Å². The fourth-order valence-corrected chi connectivity index (χ4v) is 1.01. The molecule has 0 spiro atoms. The molecule has 0 radical (unpaired) electrons. The van der Waals surface area contributed by atoms with Crippen molar-refractivity contribution in [2.75, 3.05) is 6.61 Å². The van der Waals surface area contributed by atoms with E-state index >= 15 is 0 Å². The molecule has 0 aliphatic heterocycles. The number of rotatable bonds is 3. The smallest absolute Gasteiger partial charge is 0.462 e. The summed E-state index contributed by atoms with van der Waals surface area (Å²) in [6.45, 7) is 6.05. The largest absolute Gasteiger partial charge is 0.488 e. The average Bonchev–Trinajstić information content (AvgIpc) is 2.32. The lowest BCUT2D eigenvalue weighted by molar-refractivity contribution is 0.0526. The van der Waals surface area contributed by atoms with Crippen molar-refractivity contribution in [3.8, 4) is 0 Å². The van der Waals surface area contributed by atoms with Gasteiger partial charge in [0, 0.05) is 0 Å². The van der Waals surface area contributed by atoms with Crippen molar-refractivity contribution in [1.29, 1.82) is 0 Å². The Kier molecular flexibility index (Phi) is 7.25. The third kappa shape index (κ3) is 4.46. The molecule has 2 N–H and O–H groups in total. The van der Waals surface area contributed by atoms with Crippen LogP contribution in [0.4, 0.5) is 0 Å². The molecule has 0 amide bonds. The van der Waals surface area contributed by atoms with Crippen LogP contribution in [-0.4, -0.2) is 29.7 Å². The number of carbonyl (C=O) groups is 1. The lowest BCUT2D eigenvalue weighted by Gasteiger charge is -2.02. The predicted octanol–water partition coefficient (Wildman–Crippen LogP) is 0.569. The van der Waals surface area contributed by atoms with E-state index in [0.29, 0.717) is 17.6 Å². The molecule has 0 aliphatic carbocycles. The van der Waals surface area contributed by atoms with E-state index in [1.807, 2.05) is 13.8 Å². The summed E-state index contributed by atoms with van der Waals surface area (Å²) in [5.41, 5.74) is 0.745. The van der Waals surface area contributed by atoms with Gasteiger partial charge in [0.15, 0.2) is 0 Å². The SMILES string of the molecule is CC.CCOC(=O)c1ccc(B(O)O)cc1. The van der Waals surface area contributed by atoms with Crippen molar-refractivity contribution < 1.29 is 19.6 Å². The second kappa shape index (κ2) is 7.90. The van der Waals surface area contributed by atoms with Gasteiger partial charge < -0.3 is 14.8 Å². The number of hydrogen-bond acceptors (Lipinski definition) is 4. The van der Waals surface area contributed by atoms with Gasteiger partial charge in [0.1, 0.15) is 0 Å². The van der Waals surface area contributed by atoms with E-state index in [9.17, 15) is 4.79 Å². The summed E-state index contributed by atoms with van der Waals surface area (Å²) in [5, 5.41) is 17.6. The maximum absolute atomic E-state index is 11.2. The van der Waals surface area contributed by atoms with E-state index in [-0.39, 0.29) is 0 Å². The molecule has 0 bridgehead atoms. The third-order valence-electron chi connectivity index (χ3n) is 1.72. The molecule has 0 fully saturated rings. The number of esters is 1. The van der Waals surface area contributed by atoms with E-state index < -0.39 is 13.1 Å². The first kappa shape index (κ1) is 14.7. The van der Waals surface area contributed by atoms with Crippen molar-refractivity contribution in [2.45, 2.75) is 20.8 Å². The minimum Gasteiger partial charge on any atom is -0.462 e. The van der Waals surface area contributed by atoms with Crippen LogP contribution < -0.4 is 5.46 Å².